The van der Waals surface area contributed by atoms with E-state index in [9.17, 15) is 19.2 Å². The second-order valence-electron chi connectivity index (χ2n) is 7.56. The van der Waals surface area contributed by atoms with E-state index in [4.69, 9.17) is 16.4 Å². The number of carbonyl (C=O) groups excluding carboxylic acids is 5. The van der Waals surface area contributed by atoms with E-state index in [1.54, 1.807) is 25.1 Å². The van der Waals surface area contributed by atoms with E-state index < -0.39 is 0 Å². The molecule has 2 unspecified atom stereocenters. The topological polar surface area (TPSA) is 97.4 Å². The number of hydrogen-bond donors (Lipinski definition) is 1. The Bertz CT molecular complexity index is 761. The Hall–Kier alpha value is -2.34. The zero-order valence-electron chi connectivity index (χ0n) is 20.4. The average Bonchev–Trinajstić information content (AvgIpc) is 2.76. The molecule has 7 heteroatoms. The normalized spacial score (nSPS) is 11.5. The number of amides is 1. The summed E-state index contributed by atoms with van der Waals surface area (Å²) in [5.41, 5.74) is 2.25. The minimum Gasteiger partial charge on any atom is -0.325 e. The first-order valence-electron chi connectivity index (χ1n) is 10.9. The van der Waals surface area contributed by atoms with Crippen LogP contribution in [0.25, 0.3) is 0 Å². The van der Waals surface area contributed by atoms with Crippen LogP contribution in [0.15, 0.2) is 18.2 Å². The zero-order chi connectivity index (χ0) is 25.3. The van der Waals surface area contributed by atoms with Gasteiger partial charge in [0.1, 0.15) is 23.7 Å². The van der Waals surface area contributed by atoms with Gasteiger partial charge in [-0.15, -0.1) is 11.6 Å². The first kappa shape index (κ1) is 31.8. The van der Waals surface area contributed by atoms with Crippen molar-refractivity contribution >= 4 is 46.8 Å². The lowest BCUT2D eigenvalue weighted by atomic mass is 9.94. The maximum absolute atomic E-state index is 12.1. The minimum atomic E-state index is -0.253. The van der Waals surface area contributed by atoms with Crippen molar-refractivity contribution in [2.24, 2.45) is 11.8 Å². The monoisotopic (exact) mass is 467 g/mol. The van der Waals surface area contributed by atoms with Crippen LogP contribution in [-0.2, 0) is 19.2 Å². The lowest BCUT2D eigenvalue weighted by molar-refractivity contribution is -0.121. The van der Waals surface area contributed by atoms with Crippen LogP contribution in [-0.4, -0.2) is 35.4 Å². The van der Waals surface area contributed by atoms with Gasteiger partial charge in [-0.05, 0) is 57.4 Å². The van der Waals surface area contributed by atoms with Gasteiger partial charge in [-0.25, -0.2) is 0 Å². The van der Waals surface area contributed by atoms with Crippen LogP contribution in [0.2, 0.25) is 0 Å². The number of hydrogen-bond acceptors (Lipinski definition) is 5. The lowest BCUT2D eigenvalue weighted by Gasteiger charge is -2.11. The van der Waals surface area contributed by atoms with Crippen molar-refractivity contribution in [2.45, 2.75) is 74.1 Å². The van der Waals surface area contributed by atoms with Crippen molar-refractivity contribution in [3.05, 3.63) is 29.3 Å². The summed E-state index contributed by atoms with van der Waals surface area (Å²) < 4.78 is 0. The van der Waals surface area contributed by atoms with Crippen LogP contribution in [0.1, 0.15) is 83.1 Å². The van der Waals surface area contributed by atoms with Gasteiger partial charge in [-0.1, -0.05) is 27.7 Å². The number of nitrogens with one attached hydrogen (secondary N) is 1. The quantitative estimate of drug-likeness (QED) is 0.275. The van der Waals surface area contributed by atoms with Gasteiger partial charge in [-0.2, -0.15) is 0 Å². The molecule has 0 heterocycles. The Morgan fingerprint density at radius 1 is 1.09 bits per heavy atom. The van der Waals surface area contributed by atoms with Crippen LogP contribution in [0.3, 0.4) is 0 Å². The van der Waals surface area contributed by atoms with Gasteiger partial charge in [0.2, 0.25) is 5.91 Å². The second-order valence-corrected chi connectivity index (χ2v) is 7.83. The molecule has 0 aliphatic carbocycles. The summed E-state index contributed by atoms with van der Waals surface area (Å²) in [6.07, 6.45) is 3.42. The summed E-state index contributed by atoms with van der Waals surface area (Å²) in [5, 5.41) is 2.66. The number of rotatable bonds is 10. The predicted molar refractivity (Wildman–Crippen MR) is 130 cm³/mol. The Labute approximate surface area is 197 Å². The van der Waals surface area contributed by atoms with Crippen LogP contribution in [0.5, 0.6) is 0 Å². The Morgan fingerprint density at radius 2 is 1.66 bits per heavy atom. The molecule has 0 saturated carbocycles. The molecular weight excluding hydrogens is 430 g/mol. The highest BCUT2D eigenvalue weighted by Crippen LogP contribution is 2.19. The lowest BCUT2D eigenvalue weighted by Crippen LogP contribution is -2.14. The summed E-state index contributed by atoms with van der Waals surface area (Å²) in [7, 11) is 0. The van der Waals surface area contributed by atoms with Gasteiger partial charge >= 0.3 is 0 Å². The summed E-state index contributed by atoms with van der Waals surface area (Å²) in [5.74, 6) is 0.304. The van der Waals surface area contributed by atoms with E-state index in [-0.39, 0.29) is 41.0 Å². The number of carbonyl (C=O) groups is 5. The van der Waals surface area contributed by atoms with E-state index in [1.807, 2.05) is 34.6 Å². The fourth-order valence-corrected chi connectivity index (χ4v) is 2.49. The molecule has 1 N–H and O–H groups in total. The molecule has 1 aromatic rings. The fraction of sp³-hybridized carbons (Fsp3) is 0.560. The van der Waals surface area contributed by atoms with Crippen LogP contribution in [0.4, 0.5) is 5.69 Å². The number of ketones is 3. The smallest absolute Gasteiger partial charge is 0.239 e. The average molecular weight is 468 g/mol. The van der Waals surface area contributed by atoms with Crippen molar-refractivity contribution in [2.75, 3.05) is 11.2 Å². The van der Waals surface area contributed by atoms with Gasteiger partial charge in [-0.3, -0.25) is 19.2 Å². The summed E-state index contributed by atoms with van der Waals surface area (Å²) in [6.45, 7) is 12.5. The van der Waals surface area contributed by atoms with Gasteiger partial charge in [0.15, 0.2) is 5.78 Å². The highest BCUT2D eigenvalue weighted by Gasteiger charge is 2.15. The molecule has 32 heavy (non-hydrogen) atoms. The largest absolute Gasteiger partial charge is 0.325 e. The highest BCUT2D eigenvalue weighted by atomic mass is 35.5. The Kier molecular flexibility index (Phi) is 18.2. The number of Topliss-reactive ketones (excluding diaryl/α,β-unsaturated/α-hetero) is 3. The van der Waals surface area contributed by atoms with Crippen molar-refractivity contribution in [3.63, 3.8) is 0 Å². The minimum absolute atomic E-state index is 0.0204. The van der Waals surface area contributed by atoms with Crippen LogP contribution >= 0.6 is 11.6 Å². The molecule has 0 aliphatic heterocycles. The molecule has 0 radical (unpaired) electrons. The predicted octanol–water partition coefficient (Wildman–Crippen LogP) is 5.58. The SMILES string of the molecule is CC=O.CCC(=O)CCC(C)C(C)=O.CCC(C)C(=O)c1ccc(NC(=O)CCl)cc1C. The molecule has 0 spiro atoms. The summed E-state index contributed by atoms with van der Waals surface area (Å²) in [6, 6.07) is 5.28. The molecule has 0 fully saturated rings. The summed E-state index contributed by atoms with van der Waals surface area (Å²) in [4.78, 5) is 53.6. The maximum atomic E-state index is 12.1. The van der Waals surface area contributed by atoms with Crippen molar-refractivity contribution in [1.29, 1.82) is 0 Å². The number of alkyl halides is 1. The third-order valence-electron chi connectivity index (χ3n) is 4.90. The highest BCUT2D eigenvalue weighted by molar-refractivity contribution is 6.29. The molecule has 1 aromatic carbocycles. The van der Waals surface area contributed by atoms with Crippen LogP contribution in [0, 0.1) is 18.8 Å². The summed E-state index contributed by atoms with van der Waals surface area (Å²) >= 11 is 5.42. The number of aryl methyl sites for hydroxylation is 1. The maximum Gasteiger partial charge on any atom is 0.239 e. The molecule has 0 aromatic heterocycles. The molecule has 1 rings (SSSR count). The van der Waals surface area contributed by atoms with Gasteiger partial charge < -0.3 is 10.1 Å². The third kappa shape index (κ3) is 13.9. The standard InChI is InChI=1S/C14H18ClNO2.C9H16O2.C2H4O/c1-4-9(2)14(18)12-6-5-11(7-10(12)3)16-13(17)8-15;1-4-9(11)6-5-7(2)8(3)10;1-2-3/h5-7,9H,4,8H2,1-3H3,(H,16,17);7H,4-6H2,1-3H3;2H,1H3. The molecule has 180 valence electrons. The number of aldehydes is 1. The fourth-order valence-electron chi connectivity index (χ4n) is 2.42. The Balaban J connectivity index is 0. The number of anilines is 1. The molecule has 0 bridgehead atoms. The van der Waals surface area contributed by atoms with Gasteiger partial charge in [0.05, 0.1) is 0 Å². The Morgan fingerprint density at radius 3 is 2.06 bits per heavy atom. The van der Waals surface area contributed by atoms with E-state index >= 15 is 0 Å². The molecule has 0 aliphatic rings. The zero-order valence-corrected chi connectivity index (χ0v) is 21.2. The van der Waals surface area contributed by atoms with Gasteiger partial charge in [0, 0.05) is 35.9 Å². The first-order valence-corrected chi connectivity index (χ1v) is 11.4. The van der Waals surface area contributed by atoms with E-state index in [0.717, 1.165) is 18.3 Å². The third-order valence-corrected chi connectivity index (χ3v) is 5.14. The first-order chi connectivity index (χ1) is 15.0. The van der Waals surface area contributed by atoms with E-state index in [0.29, 0.717) is 30.5 Å². The van der Waals surface area contributed by atoms with E-state index in [1.165, 1.54) is 6.92 Å². The molecule has 0 saturated heterocycles. The van der Waals surface area contributed by atoms with Crippen molar-refractivity contribution in [3.8, 4) is 0 Å². The molecular formula is C25H38ClNO5. The van der Waals surface area contributed by atoms with Gasteiger partial charge in [0.25, 0.3) is 0 Å². The number of benzene rings is 1. The molecule has 2 atom stereocenters. The molecule has 1 amide bonds. The molecule has 6 nitrogen and oxygen atoms in total. The number of halogens is 1. The van der Waals surface area contributed by atoms with Crippen molar-refractivity contribution < 1.29 is 24.0 Å². The van der Waals surface area contributed by atoms with E-state index in [2.05, 4.69) is 5.32 Å². The second kappa shape index (κ2) is 18.3. The van der Waals surface area contributed by atoms with Crippen LogP contribution < -0.4 is 5.32 Å². The van der Waals surface area contributed by atoms with Crippen molar-refractivity contribution in [1.82, 2.24) is 0 Å².